The van der Waals surface area contributed by atoms with Crippen LogP contribution in [-0.4, -0.2) is 48.8 Å². The Morgan fingerprint density at radius 3 is 2.56 bits per heavy atom. The first-order chi connectivity index (χ1) is 12.1. The van der Waals surface area contributed by atoms with Gasteiger partial charge in [0, 0.05) is 19.6 Å². The second-order valence-electron chi connectivity index (χ2n) is 5.54. The number of aromatic nitrogens is 4. The first kappa shape index (κ1) is 17.5. The quantitative estimate of drug-likeness (QED) is 0.630. The molecule has 2 aromatic heterocycles. The van der Waals surface area contributed by atoms with E-state index in [1.807, 2.05) is 43.4 Å². The molecule has 8 heteroatoms. The Morgan fingerprint density at radius 1 is 1.16 bits per heavy atom. The van der Waals surface area contributed by atoms with Crippen LogP contribution in [0, 0.1) is 0 Å². The van der Waals surface area contributed by atoms with Crippen molar-refractivity contribution >= 4 is 34.3 Å². The zero-order valence-corrected chi connectivity index (χ0v) is 15.4. The number of hydrogen-bond donors (Lipinski definition) is 0. The lowest BCUT2D eigenvalue weighted by atomic mass is 10.2. The Morgan fingerprint density at radius 2 is 1.88 bits per heavy atom. The van der Waals surface area contributed by atoms with E-state index < -0.39 is 0 Å². The number of fused-ring (bicyclic) bond motifs is 3. The summed E-state index contributed by atoms with van der Waals surface area (Å²) in [5.41, 5.74) is 0.684. The van der Waals surface area contributed by atoms with Crippen LogP contribution in [0.15, 0.2) is 34.2 Å². The van der Waals surface area contributed by atoms with E-state index in [1.165, 1.54) is 11.8 Å². The van der Waals surface area contributed by atoms with Gasteiger partial charge in [-0.2, -0.15) is 0 Å². The second-order valence-corrected chi connectivity index (χ2v) is 6.48. The molecule has 0 spiro atoms. The molecular formula is C17H21N5O2S. The maximum absolute atomic E-state index is 12.6. The van der Waals surface area contributed by atoms with E-state index in [0.717, 1.165) is 5.52 Å². The van der Waals surface area contributed by atoms with Crippen molar-refractivity contribution in [2.45, 2.75) is 32.5 Å². The second kappa shape index (κ2) is 7.26. The first-order valence-corrected chi connectivity index (χ1v) is 9.38. The molecule has 132 valence electrons. The van der Waals surface area contributed by atoms with Crippen LogP contribution < -0.4 is 5.56 Å². The lowest BCUT2D eigenvalue weighted by Gasteiger charge is -2.17. The molecule has 0 aliphatic carbocycles. The number of aryl methyl sites for hydroxylation is 1. The van der Waals surface area contributed by atoms with E-state index in [1.54, 1.807) is 15.5 Å². The molecule has 3 rings (SSSR count). The van der Waals surface area contributed by atoms with E-state index in [2.05, 4.69) is 10.2 Å². The highest BCUT2D eigenvalue weighted by atomic mass is 32.2. The maximum atomic E-state index is 12.6. The highest BCUT2D eigenvalue weighted by Gasteiger charge is 2.17. The molecule has 25 heavy (non-hydrogen) atoms. The fourth-order valence-electron chi connectivity index (χ4n) is 2.91. The van der Waals surface area contributed by atoms with E-state index in [0.29, 0.717) is 41.7 Å². The molecular weight excluding hydrogens is 338 g/mol. The number of thioether (sulfide) groups is 1. The zero-order chi connectivity index (χ0) is 18.0. The molecule has 0 saturated heterocycles. The van der Waals surface area contributed by atoms with E-state index in [-0.39, 0.29) is 11.5 Å². The molecule has 0 saturated carbocycles. The van der Waals surface area contributed by atoms with Crippen LogP contribution in [0.5, 0.6) is 0 Å². The molecule has 7 nitrogen and oxygen atoms in total. The van der Waals surface area contributed by atoms with Crippen molar-refractivity contribution in [3.8, 4) is 0 Å². The standard InChI is InChI=1S/C17H21N5O2S/c1-4-20(5-2)14(23)11-25-17-19-18-16-21(6-3)15(24)12-9-7-8-10-13(12)22(16)17/h7-10H,4-6,11H2,1-3H3. The predicted octanol–water partition coefficient (Wildman–Crippen LogP) is 2.02. The zero-order valence-electron chi connectivity index (χ0n) is 14.6. The fourth-order valence-corrected chi connectivity index (χ4v) is 3.75. The number of carbonyl (C=O) groups is 1. The SMILES string of the molecule is CCN(CC)C(=O)CSc1nnc2n(CC)c(=O)c3ccccc3n12. The van der Waals surface area contributed by atoms with E-state index in [4.69, 9.17) is 0 Å². The predicted molar refractivity (Wildman–Crippen MR) is 99.1 cm³/mol. The molecule has 0 bridgehead atoms. The van der Waals surface area contributed by atoms with Crippen LogP contribution in [0.25, 0.3) is 16.7 Å². The summed E-state index contributed by atoms with van der Waals surface area (Å²) in [7, 11) is 0. The van der Waals surface area contributed by atoms with Crippen molar-refractivity contribution in [2.24, 2.45) is 0 Å². The van der Waals surface area contributed by atoms with Gasteiger partial charge in [0.05, 0.1) is 16.7 Å². The lowest BCUT2D eigenvalue weighted by Crippen LogP contribution is -2.31. The Bertz CT molecular complexity index is 974. The molecule has 3 aromatic rings. The number of benzene rings is 1. The van der Waals surface area contributed by atoms with Gasteiger partial charge in [-0.05, 0) is 32.9 Å². The summed E-state index contributed by atoms with van der Waals surface area (Å²) >= 11 is 1.35. The number of nitrogens with zero attached hydrogens (tertiary/aromatic N) is 5. The number of carbonyl (C=O) groups excluding carboxylic acids is 1. The Balaban J connectivity index is 2.07. The van der Waals surface area contributed by atoms with Crippen molar-refractivity contribution in [2.75, 3.05) is 18.8 Å². The van der Waals surface area contributed by atoms with Gasteiger partial charge in [0.25, 0.3) is 5.56 Å². The van der Waals surface area contributed by atoms with Crippen LogP contribution >= 0.6 is 11.8 Å². The van der Waals surface area contributed by atoms with Gasteiger partial charge in [0.15, 0.2) is 5.16 Å². The third kappa shape index (κ3) is 3.02. The number of amides is 1. The summed E-state index contributed by atoms with van der Waals surface area (Å²) in [6.45, 7) is 7.72. The Hall–Kier alpha value is -2.35. The summed E-state index contributed by atoms with van der Waals surface area (Å²) < 4.78 is 3.46. The van der Waals surface area contributed by atoms with Gasteiger partial charge in [0.2, 0.25) is 11.7 Å². The van der Waals surface area contributed by atoms with Crippen molar-refractivity contribution in [1.82, 2.24) is 24.1 Å². The van der Waals surface area contributed by atoms with Crippen molar-refractivity contribution in [3.05, 3.63) is 34.6 Å². The molecule has 0 N–H and O–H groups in total. The average Bonchev–Trinajstić information content (AvgIpc) is 3.05. The van der Waals surface area contributed by atoms with Crippen LogP contribution in [0.1, 0.15) is 20.8 Å². The van der Waals surface area contributed by atoms with E-state index in [9.17, 15) is 9.59 Å². The third-order valence-corrected chi connectivity index (χ3v) is 5.15. The van der Waals surface area contributed by atoms with Gasteiger partial charge >= 0.3 is 0 Å². The fraction of sp³-hybridized carbons (Fsp3) is 0.412. The smallest absolute Gasteiger partial charge is 0.262 e. The summed E-state index contributed by atoms with van der Waals surface area (Å²) in [5, 5.41) is 9.66. The average molecular weight is 359 g/mol. The molecule has 1 aromatic carbocycles. The maximum Gasteiger partial charge on any atom is 0.262 e. The molecule has 1 amide bonds. The van der Waals surface area contributed by atoms with Gasteiger partial charge in [0.1, 0.15) is 0 Å². The van der Waals surface area contributed by atoms with Crippen LogP contribution in [0.2, 0.25) is 0 Å². The number of para-hydroxylation sites is 1. The summed E-state index contributed by atoms with van der Waals surface area (Å²) in [6, 6.07) is 7.41. The molecule has 0 atom stereocenters. The molecule has 0 fully saturated rings. The largest absolute Gasteiger partial charge is 0.343 e. The van der Waals surface area contributed by atoms with Gasteiger partial charge in [-0.3, -0.25) is 18.6 Å². The number of rotatable bonds is 6. The third-order valence-electron chi connectivity index (χ3n) is 4.24. The van der Waals surface area contributed by atoms with Crippen LogP contribution in [0.4, 0.5) is 0 Å². The molecule has 0 aliphatic heterocycles. The molecule has 0 unspecified atom stereocenters. The molecule has 0 aliphatic rings. The minimum atomic E-state index is -0.0752. The Labute approximate surface area is 149 Å². The minimum absolute atomic E-state index is 0.0693. The molecule has 2 heterocycles. The minimum Gasteiger partial charge on any atom is -0.343 e. The number of hydrogen-bond acceptors (Lipinski definition) is 5. The first-order valence-electron chi connectivity index (χ1n) is 8.39. The highest BCUT2D eigenvalue weighted by Crippen LogP contribution is 2.21. The van der Waals surface area contributed by atoms with Crippen LogP contribution in [0.3, 0.4) is 0 Å². The van der Waals surface area contributed by atoms with Gasteiger partial charge in [-0.25, -0.2) is 0 Å². The van der Waals surface area contributed by atoms with Crippen molar-refractivity contribution in [3.63, 3.8) is 0 Å². The lowest BCUT2D eigenvalue weighted by molar-refractivity contribution is -0.127. The summed E-state index contributed by atoms with van der Waals surface area (Å²) in [6.07, 6.45) is 0. The van der Waals surface area contributed by atoms with E-state index >= 15 is 0 Å². The van der Waals surface area contributed by atoms with Gasteiger partial charge < -0.3 is 4.90 Å². The summed E-state index contributed by atoms with van der Waals surface area (Å²) in [4.78, 5) is 26.7. The van der Waals surface area contributed by atoms with Gasteiger partial charge in [-0.1, -0.05) is 23.9 Å². The summed E-state index contributed by atoms with van der Waals surface area (Å²) in [5.74, 6) is 0.867. The normalized spacial score (nSPS) is 11.3. The van der Waals surface area contributed by atoms with Crippen molar-refractivity contribution < 1.29 is 4.79 Å². The van der Waals surface area contributed by atoms with Crippen LogP contribution in [-0.2, 0) is 11.3 Å². The monoisotopic (exact) mass is 359 g/mol. The van der Waals surface area contributed by atoms with Gasteiger partial charge in [-0.15, -0.1) is 10.2 Å². The van der Waals surface area contributed by atoms with Crippen molar-refractivity contribution in [1.29, 1.82) is 0 Å². The highest BCUT2D eigenvalue weighted by molar-refractivity contribution is 7.99. The Kier molecular flexibility index (Phi) is 5.08. The topological polar surface area (TPSA) is 72.5 Å². The molecule has 0 radical (unpaired) electrons.